The highest BCUT2D eigenvalue weighted by atomic mass is 35.5. The zero-order chi connectivity index (χ0) is 20.2. The summed E-state index contributed by atoms with van der Waals surface area (Å²) in [4.78, 5) is 27.5. The Kier molecular flexibility index (Phi) is 5.71. The van der Waals surface area contributed by atoms with Gasteiger partial charge in [-0.25, -0.2) is 9.97 Å². The smallest absolute Gasteiger partial charge is 0.223 e. The molecule has 1 aromatic carbocycles. The number of aryl methyl sites for hydroxylation is 1. The van der Waals surface area contributed by atoms with E-state index in [1.165, 1.54) is 0 Å². The van der Waals surface area contributed by atoms with Crippen LogP contribution in [0.3, 0.4) is 0 Å². The van der Waals surface area contributed by atoms with Gasteiger partial charge in [-0.15, -0.1) is 0 Å². The molecule has 4 rings (SSSR count). The molecular formula is C22H22ClN5O. The molecule has 7 heteroatoms. The SMILES string of the molecule is Nc1ncc(-c2ccc(C3CCCN3C(=O)CCc3cccc(Cl)c3)nc2)cn1. The molecule has 0 saturated carbocycles. The number of anilines is 1. The number of halogens is 1. The fourth-order valence-electron chi connectivity index (χ4n) is 3.72. The molecule has 1 atom stereocenters. The lowest BCUT2D eigenvalue weighted by Crippen LogP contribution is -2.31. The van der Waals surface area contributed by atoms with Crippen LogP contribution in [0.25, 0.3) is 11.1 Å². The van der Waals surface area contributed by atoms with Gasteiger partial charge in [0.05, 0.1) is 11.7 Å². The first-order chi connectivity index (χ1) is 14.1. The summed E-state index contributed by atoms with van der Waals surface area (Å²) >= 11 is 6.04. The number of nitrogens with two attached hydrogens (primary N) is 1. The normalized spacial score (nSPS) is 16.2. The van der Waals surface area contributed by atoms with E-state index in [1.807, 2.05) is 41.3 Å². The van der Waals surface area contributed by atoms with Crippen molar-refractivity contribution in [2.45, 2.75) is 31.7 Å². The zero-order valence-corrected chi connectivity index (χ0v) is 16.7. The van der Waals surface area contributed by atoms with Gasteiger partial charge in [-0.1, -0.05) is 29.8 Å². The van der Waals surface area contributed by atoms with Crippen molar-refractivity contribution in [3.63, 3.8) is 0 Å². The Bertz CT molecular complexity index is 991. The van der Waals surface area contributed by atoms with Gasteiger partial charge in [0.2, 0.25) is 11.9 Å². The number of hydrogen-bond acceptors (Lipinski definition) is 5. The number of carbonyl (C=O) groups is 1. The molecule has 0 aliphatic carbocycles. The maximum absolute atomic E-state index is 12.8. The molecule has 3 aromatic rings. The third-order valence-electron chi connectivity index (χ3n) is 5.22. The van der Waals surface area contributed by atoms with Gasteiger partial charge in [-0.2, -0.15) is 0 Å². The molecule has 0 spiro atoms. The molecule has 1 unspecified atom stereocenters. The lowest BCUT2D eigenvalue weighted by molar-refractivity contribution is -0.132. The number of nitrogen functional groups attached to an aromatic ring is 1. The molecule has 148 valence electrons. The highest BCUT2D eigenvalue weighted by molar-refractivity contribution is 6.30. The van der Waals surface area contributed by atoms with Crippen LogP contribution in [-0.2, 0) is 11.2 Å². The van der Waals surface area contributed by atoms with Gasteiger partial charge in [-0.05, 0) is 43.0 Å². The van der Waals surface area contributed by atoms with Crippen molar-refractivity contribution in [3.8, 4) is 11.1 Å². The maximum atomic E-state index is 12.8. The minimum Gasteiger partial charge on any atom is -0.368 e. The Labute approximate surface area is 174 Å². The number of likely N-dealkylation sites (tertiary alicyclic amines) is 1. The first kappa shape index (κ1) is 19.3. The number of nitrogens with zero attached hydrogens (tertiary/aromatic N) is 4. The highest BCUT2D eigenvalue weighted by Crippen LogP contribution is 2.32. The first-order valence-corrected chi connectivity index (χ1v) is 10.1. The second-order valence-electron chi connectivity index (χ2n) is 7.18. The van der Waals surface area contributed by atoms with Crippen LogP contribution in [0, 0.1) is 0 Å². The highest BCUT2D eigenvalue weighted by Gasteiger charge is 2.30. The van der Waals surface area contributed by atoms with E-state index in [-0.39, 0.29) is 17.9 Å². The number of carbonyl (C=O) groups excluding carboxylic acids is 1. The van der Waals surface area contributed by atoms with Crippen molar-refractivity contribution in [2.24, 2.45) is 0 Å². The van der Waals surface area contributed by atoms with Crippen LogP contribution < -0.4 is 5.73 Å². The Morgan fingerprint density at radius 1 is 1.10 bits per heavy atom. The molecule has 1 saturated heterocycles. The monoisotopic (exact) mass is 407 g/mol. The molecule has 2 N–H and O–H groups in total. The van der Waals surface area contributed by atoms with Crippen LogP contribution >= 0.6 is 11.6 Å². The van der Waals surface area contributed by atoms with Gasteiger partial charge in [0.1, 0.15) is 0 Å². The second-order valence-corrected chi connectivity index (χ2v) is 7.61. The van der Waals surface area contributed by atoms with Gasteiger partial charge >= 0.3 is 0 Å². The maximum Gasteiger partial charge on any atom is 0.223 e. The summed E-state index contributed by atoms with van der Waals surface area (Å²) in [6.07, 6.45) is 8.24. The summed E-state index contributed by atoms with van der Waals surface area (Å²) in [5.41, 5.74) is 9.32. The molecule has 29 heavy (non-hydrogen) atoms. The minimum atomic E-state index is 0.0265. The number of rotatable bonds is 5. The molecule has 0 bridgehead atoms. The van der Waals surface area contributed by atoms with E-state index in [9.17, 15) is 4.79 Å². The molecule has 1 amide bonds. The number of pyridine rings is 1. The molecule has 1 aliphatic heterocycles. The zero-order valence-electron chi connectivity index (χ0n) is 16.0. The quantitative estimate of drug-likeness (QED) is 0.689. The van der Waals surface area contributed by atoms with E-state index < -0.39 is 0 Å². The third kappa shape index (κ3) is 4.54. The Hall–Kier alpha value is -2.99. The number of benzene rings is 1. The van der Waals surface area contributed by atoms with E-state index >= 15 is 0 Å². The van der Waals surface area contributed by atoms with E-state index in [2.05, 4.69) is 15.0 Å². The molecule has 1 aliphatic rings. The topological polar surface area (TPSA) is 85.0 Å². The summed E-state index contributed by atoms with van der Waals surface area (Å²) in [6, 6.07) is 11.7. The lowest BCUT2D eigenvalue weighted by Gasteiger charge is -2.24. The largest absolute Gasteiger partial charge is 0.368 e. The molecule has 3 heterocycles. The van der Waals surface area contributed by atoms with Gasteiger partial charge in [0.15, 0.2) is 0 Å². The van der Waals surface area contributed by atoms with Crippen LogP contribution in [-0.4, -0.2) is 32.3 Å². The summed E-state index contributed by atoms with van der Waals surface area (Å²) < 4.78 is 0. The molecule has 2 aromatic heterocycles. The fraction of sp³-hybridized carbons (Fsp3) is 0.273. The minimum absolute atomic E-state index is 0.0265. The van der Waals surface area contributed by atoms with Crippen LogP contribution in [0.2, 0.25) is 5.02 Å². The Morgan fingerprint density at radius 3 is 2.62 bits per heavy atom. The molecule has 6 nitrogen and oxygen atoms in total. The summed E-state index contributed by atoms with van der Waals surface area (Å²) in [5, 5.41) is 0.699. The molecule has 1 fully saturated rings. The van der Waals surface area contributed by atoms with Crippen LogP contribution in [0.4, 0.5) is 5.95 Å². The Balaban J connectivity index is 1.43. The van der Waals surface area contributed by atoms with Crippen LogP contribution in [0.5, 0.6) is 0 Å². The van der Waals surface area contributed by atoms with Gasteiger partial charge < -0.3 is 10.6 Å². The van der Waals surface area contributed by atoms with Crippen LogP contribution in [0.1, 0.15) is 36.6 Å². The van der Waals surface area contributed by atoms with Crippen molar-refractivity contribution in [2.75, 3.05) is 12.3 Å². The third-order valence-corrected chi connectivity index (χ3v) is 5.46. The van der Waals surface area contributed by atoms with Crippen molar-refractivity contribution in [1.82, 2.24) is 19.9 Å². The first-order valence-electron chi connectivity index (χ1n) is 9.68. The van der Waals surface area contributed by atoms with Crippen molar-refractivity contribution < 1.29 is 4.79 Å². The second kappa shape index (κ2) is 8.57. The lowest BCUT2D eigenvalue weighted by atomic mass is 10.1. The van der Waals surface area contributed by atoms with Crippen LogP contribution in [0.15, 0.2) is 55.0 Å². The van der Waals surface area contributed by atoms with Crippen molar-refractivity contribution in [3.05, 3.63) is 71.3 Å². The standard InChI is InChI=1S/C22H22ClN5O/c23-18-4-1-3-15(11-18)6-9-21(29)28-10-2-5-20(28)19-8-7-16(12-25-19)17-13-26-22(24)27-14-17/h1,3-4,7-8,11-14,20H,2,5-6,9-10H2,(H2,24,26,27). The summed E-state index contributed by atoms with van der Waals surface area (Å²) in [5.74, 6) is 0.404. The van der Waals surface area contributed by atoms with Gasteiger partial charge in [-0.3, -0.25) is 9.78 Å². The van der Waals surface area contributed by atoms with Crippen molar-refractivity contribution in [1.29, 1.82) is 0 Å². The summed E-state index contributed by atoms with van der Waals surface area (Å²) in [6.45, 7) is 0.772. The summed E-state index contributed by atoms with van der Waals surface area (Å²) in [7, 11) is 0. The van der Waals surface area contributed by atoms with Gasteiger partial charge in [0, 0.05) is 47.7 Å². The van der Waals surface area contributed by atoms with Crippen molar-refractivity contribution >= 4 is 23.5 Å². The Morgan fingerprint density at radius 2 is 1.90 bits per heavy atom. The number of amides is 1. The van der Waals surface area contributed by atoms with E-state index in [1.54, 1.807) is 18.6 Å². The average molecular weight is 408 g/mol. The van der Waals surface area contributed by atoms with E-state index in [4.69, 9.17) is 17.3 Å². The predicted molar refractivity (Wildman–Crippen MR) is 113 cm³/mol. The van der Waals surface area contributed by atoms with Gasteiger partial charge in [0.25, 0.3) is 0 Å². The van der Waals surface area contributed by atoms with E-state index in [0.717, 1.165) is 41.8 Å². The number of aromatic nitrogens is 3. The average Bonchev–Trinajstić information content (AvgIpc) is 3.23. The number of hydrogen-bond donors (Lipinski definition) is 1. The fourth-order valence-corrected chi connectivity index (χ4v) is 3.93. The molecular weight excluding hydrogens is 386 g/mol. The predicted octanol–water partition coefficient (Wildman–Crippen LogP) is 4.07. The molecule has 0 radical (unpaired) electrons. The van der Waals surface area contributed by atoms with E-state index in [0.29, 0.717) is 17.9 Å².